The minimum absolute atomic E-state index is 0.135. The van der Waals surface area contributed by atoms with Crippen LogP contribution < -0.4 is 15.6 Å². The summed E-state index contributed by atoms with van der Waals surface area (Å²) in [7, 11) is 1.62. The fourth-order valence-corrected chi connectivity index (χ4v) is 3.35. The molecule has 4 aromatic heterocycles. The van der Waals surface area contributed by atoms with Gasteiger partial charge in [-0.1, -0.05) is 0 Å². The van der Waals surface area contributed by atoms with Gasteiger partial charge in [0.1, 0.15) is 12.4 Å². The van der Waals surface area contributed by atoms with Crippen molar-refractivity contribution >= 4 is 17.2 Å². The standard InChI is InChI=1S/C24H25N7O2/c1-15-8-21(28-30(5)23(15)32)27-22-11-18-10-17(6-7-31(18)29-22)19-9-16(2)26-12-20(19)33-14-24(3,4)13-25/h6-12H,14H2,1-5H3,(H,27,28,29). The smallest absolute Gasteiger partial charge is 0.269 e. The summed E-state index contributed by atoms with van der Waals surface area (Å²) in [6, 6.07) is 11.8. The highest BCUT2D eigenvalue weighted by Gasteiger charge is 2.19. The topological polar surface area (TPSA) is 110 Å². The van der Waals surface area contributed by atoms with Gasteiger partial charge in [0.2, 0.25) is 0 Å². The van der Waals surface area contributed by atoms with Crippen molar-refractivity contribution in [1.29, 1.82) is 5.26 Å². The van der Waals surface area contributed by atoms with Crippen LogP contribution in [-0.4, -0.2) is 31.0 Å². The van der Waals surface area contributed by atoms with E-state index in [0.717, 1.165) is 22.3 Å². The number of anilines is 2. The van der Waals surface area contributed by atoms with Crippen molar-refractivity contribution < 1.29 is 4.74 Å². The summed E-state index contributed by atoms with van der Waals surface area (Å²) in [5.41, 5.74) is 3.43. The molecule has 0 fully saturated rings. The van der Waals surface area contributed by atoms with Gasteiger partial charge in [0, 0.05) is 36.1 Å². The van der Waals surface area contributed by atoms with Crippen molar-refractivity contribution in [2.75, 3.05) is 11.9 Å². The summed E-state index contributed by atoms with van der Waals surface area (Å²) in [4.78, 5) is 16.2. The molecule has 0 amide bonds. The molecule has 0 spiro atoms. The van der Waals surface area contributed by atoms with Crippen LogP contribution >= 0.6 is 0 Å². The number of pyridine rings is 2. The Morgan fingerprint density at radius 2 is 1.91 bits per heavy atom. The van der Waals surface area contributed by atoms with Crippen molar-refractivity contribution in [3.63, 3.8) is 0 Å². The van der Waals surface area contributed by atoms with Crippen LogP contribution in [-0.2, 0) is 7.05 Å². The third kappa shape index (κ3) is 4.70. The number of hydrogen-bond acceptors (Lipinski definition) is 7. The van der Waals surface area contributed by atoms with E-state index in [1.807, 2.05) is 51.2 Å². The van der Waals surface area contributed by atoms with E-state index in [2.05, 4.69) is 26.6 Å². The van der Waals surface area contributed by atoms with E-state index in [4.69, 9.17) is 4.74 Å². The van der Waals surface area contributed by atoms with Crippen LogP contribution in [0.25, 0.3) is 16.6 Å². The fourth-order valence-electron chi connectivity index (χ4n) is 3.35. The first kappa shape index (κ1) is 22.0. The molecule has 168 valence electrons. The Bertz CT molecular complexity index is 1420. The van der Waals surface area contributed by atoms with Gasteiger partial charge in [0.25, 0.3) is 5.56 Å². The summed E-state index contributed by atoms with van der Waals surface area (Å²) < 4.78 is 9.03. The van der Waals surface area contributed by atoms with Gasteiger partial charge in [-0.2, -0.15) is 15.5 Å². The number of ether oxygens (including phenoxy) is 1. The number of nitriles is 1. The zero-order chi connectivity index (χ0) is 23.8. The molecule has 0 bridgehead atoms. The second kappa shape index (κ2) is 8.39. The summed E-state index contributed by atoms with van der Waals surface area (Å²) in [6.45, 7) is 7.60. The number of nitrogens with zero attached hydrogens (tertiary/aromatic N) is 6. The van der Waals surface area contributed by atoms with Gasteiger partial charge in [-0.25, -0.2) is 9.20 Å². The average Bonchev–Trinajstić information content (AvgIpc) is 3.18. The summed E-state index contributed by atoms with van der Waals surface area (Å²) >= 11 is 0. The maximum atomic E-state index is 11.9. The van der Waals surface area contributed by atoms with Gasteiger partial charge in [-0.15, -0.1) is 0 Å². The second-order valence-corrected chi connectivity index (χ2v) is 8.69. The van der Waals surface area contributed by atoms with Crippen molar-refractivity contribution in [2.24, 2.45) is 12.5 Å². The number of nitrogens with one attached hydrogen (secondary N) is 1. The molecule has 0 aliphatic heterocycles. The summed E-state index contributed by atoms with van der Waals surface area (Å²) in [5.74, 6) is 1.77. The van der Waals surface area contributed by atoms with Gasteiger partial charge in [-0.3, -0.25) is 9.78 Å². The lowest BCUT2D eigenvalue weighted by molar-refractivity contribution is 0.227. The molecule has 4 aromatic rings. The van der Waals surface area contributed by atoms with Crippen LogP contribution in [0.4, 0.5) is 11.6 Å². The summed E-state index contributed by atoms with van der Waals surface area (Å²) in [5, 5.41) is 21.2. The van der Waals surface area contributed by atoms with Crippen molar-refractivity contribution in [3.8, 4) is 22.9 Å². The van der Waals surface area contributed by atoms with Crippen LogP contribution in [0.2, 0.25) is 0 Å². The maximum absolute atomic E-state index is 11.9. The predicted octanol–water partition coefficient (Wildman–Crippen LogP) is 3.78. The van der Waals surface area contributed by atoms with E-state index in [9.17, 15) is 10.1 Å². The second-order valence-electron chi connectivity index (χ2n) is 8.69. The third-order valence-corrected chi connectivity index (χ3v) is 5.17. The van der Waals surface area contributed by atoms with Crippen LogP contribution in [0.1, 0.15) is 25.1 Å². The lowest BCUT2D eigenvalue weighted by Crippen LogP contribution is -2.22. The highest BCUT2D eigenvalue weighted by molar-refractivity contribution is 5.75. The van der Waals surface area contributed by atoms with Gasteiger partial charge in [0.05, 0.1) is 23.2 Å². The Hall–Kier alpha value is -4.19. The molecule has 9 heteroatoms. The van der Waals surface area contributed by atoms with E-state index in [1.54, 1.807) is 30.8 Å². The lowest BCUT2D eigenvalue weighted by Gasteiger charge is -2.18. The molecule has 4 heterocycles. The molecule has 9 nitrogen and oxygen atoms in total. The molecule has 0 aliphatic carbocycles. The Morgan fingerprint density at radius 3 is 2.64 bits per heavy atom. The highest BCUT2D eigenvalue weighted by Crippen LogP contribution is 2.32. The van der Waals surface area contributed by atoms with Gasteiger partial charge >= 0.3 is 0 Å². The van der Waals surface area contributed by atoms with E-state index in [0.29, 0.717) is 22.9 Å². The Balaban J connectivity index is 1.66. The predicted molar refractivity (Wildman–Crippen MR) is 126 cm³/mol. The molecule has 1 N–H and O–H groups in total. The SMILES string of the molecule is Cc1cc(-c2ccn3nc(Nc4cc(C)c(=O)n(C)n4)cc3c2)c(OCC(C)(C)C#N)cn1. The molecule has 0 radical (unpaired) electrons. The summed E-state index contributed by atoms with van der Waals surface area (Å²) in [6.07, 6.45) is 3.56. The Kier molecular flexibility index (Phi) is 5.60. The first-order valence-electron chi connectivity index (χ1n) is 10.5. The first-order valence-corrected chi connectivity index (χ1v) is 10.5. The molecule has 0 saturated carbocycles. The molecule has 0 aliphatic rings. The monoisotopic (exact) mass is 443 g/mol. The first-order chi connectivity index (χ1) is 15.6. The van der Waals surface area contributed by atoms with Crippen molar-refractivity contribution in [2.45, 2.75) is 27.7 Å². The molecule has 33 heavy (non-hydrogen) atoms. The normalized spacial score (nSPS) is 11.4. The van der Waals surface area contributed by atoms with E-state index >= 15 is 0 Å². The van der Waals surface area contributed by atoms with Crippen molar-refractivity contribution in [1.82, 2.24) is 24.4 Å². The molecule has 0 unspecified atom stereocenters. The van der Waals surface area contributed by atoms with Crippen LogP contribution in [0, 0.1) is 30.6 Å². The largest absolute Gasteiger partial charge is 0.490 e. The minimum atomic E-state index is -0.606. The fraction of sp³-hybridized carbons (Fsp3) is 0.292. The highest BCUT2D eigenvalue weighted by atomic mass is 16.5. The zero-order valence-electron chi connectivity index (χ0n) is 19.2. The van der Waals surface area contributed by atoms with Crippen molar-refractivity contribution in [3.05, 3.63) is 64.3 Å². The minimum Gasteiger partial charge on any atom is -0.490 e. The van der Waals surface area contributed by atoms with Gasteiger partial charge in [0.15, 0.2) is 11.6 Å². The number of aryl methyl sites for hydroxylation is 3. The molecule has 0 aromatic carbocycles. The molecule has 4 rings (SSSR count). The lowest BCUT2D eigenvalue weighted by atomic mass is 9.97. The van der Waals surface area contributed by atoms with Crippen LogP contribution in [0.15, 0.2) is 47.5 Å². The number of rotatable bonds is 6. The number of hydrogen-bond donors (Lipinski definition) is 1. The number of fused-ring (bicyclic) bond motifs is 1. The average molecular weight is 444 g/mol. The van der Waals surface area contributed by atoms with Gasteiger partial charge < -0.3 is 10.1 Å². The molecular weight excluding hydrogens is 418 g/mol. The van der Waals surface area contributed by atoms with Crippen LogP contribution in [0.5, 0.6) is 5.75 Å². The maximum Gasteiger partial charge on any atom is 0.269 e. The van der Waals surface area contributed by atoms with Crippen LogP contribution in [0.3, 0.4) is 0 Å². The molecule has 0 atom stereocenters. The Labute approximate surface area is 191 Å². The zero-order valence-corrected chi connectivity index (χ0v) is 19.2. The molecular formula is C24H25N7O2. The van der Waals surface area contributed by atoms with E-state index in [1.165, 1.54) is 4.68 Å². The van der Waals surface area contributed by atoms with E-state index < -0.39 is 5.41 Å². The molecule has 0 saturated heterocycles. The van der Waals surface area contributed by atoms with Gasteiger partial charge in [-0.05, 0) is 57.5 Å². The Morgan fingerprint density at radius 1 is 1.15 bits per heavy atom. The quantitative estimate of drug-likeness (QED) is 0.483. The number of aromatic nitrogens is 5. The van der Waals surface area contributed by atoms with E-state index in [-0.39, 0.29) is 12.2 Å². The third-order valence-electron chi connectivity index (χ3n) is 5.17.